The van der Waals surface area contributed by atoms with Crippen LogP contribution in [0.2, 0.25) is 0 Å². The molecule has 0 unspecified atom stereocenters. The van der Waals surface area contributed by atoms with Crippen LogP contribution in [0.25, 0.3) is 0 Å². The zero-order valence-electron chi connectivity index (χ0n) is 17.7. The standard InChI is InChI=1S/C22H27NO7/c1-5-11-29-19-9-7-15(12-20(19)28-6-2)22(25)30-14-21(24)23-17-13-16(26-3)8-10-18(17)27-4/h7-10,12-13H,5-6,11,14H2,1-4H3,(H,23,24). The highest BCUT2D eigenvalue weighted by molar-refractivity contribution is 5.96. The highest BCUT2D eigenvalue weighted by Gasteiger charge is 2.15. The average molecular weight is 417 g/mol. The molecule has 0 aliphatic rings. The quantitative estimate of drug-likeness (QED) is 0.558. The number of carbonyl (C=O) groups is 2. The Morgan fingerprint density at radius 2 is 1.67 bits per heavy atom. The smallest absolute Gasteiger partial charge is 0.338 e. The second-order valence-electron chi connectivity index (χ2n) is 6.13. The highest BCUT2D eigenvalue weighted by atomic mass is 16.5. The summed E-state index contributed by atoms with van der Waals surface area (Å²) in [5.41, 5.74) is 0.669. The maximum Gasteiger partial charge on any atom is 0.338 e. The largest absolute Gasteiger partial charge is 0.497 e. The van der Waals surface area contributed by atoms with E-state index >= 15 is 0 Å². The molecule has 162 valence electrons. The molecule has 0 saturated heterocycles. The van der Waals surface area contributed by atoms with Crippen LogP contribution in [0.3, 0.4) is 0 Å². The molecule has 8 heteroatoms. The van der Waals surface area contributed by atoms with E-state index in [2.05, 4.69) is 5.32 Å². The first-order valence-electron chi connectivity index (χ1n) is 9.61. The van der Waals surface area contributed by atoms with Gasteiger partial charge in [0.2, 0.25) is 0 Å². The number of rotatable bonds is 11. The number of hydrogen-bond acceptors (Lipinski definition) is 7. The molecule has 1 N–H and O–H groups in total. The summed E-state index contributed by atoms with van der Waals surface area (Å²) < 4.78 is 26.6. The minimum Gasteiger partial charge on any atom is -0.497 e. The maximum absolute atomic E-state index is 12.4. The van der Waals surface area contributed by atoms with Gasteiger partial charge in [-0.15, -0.1) is 0 Å². The first kappa shape index (κ1) is 22.9. The van der Waals surface area contributed by atoms with Crippen LogP contribution in [-0.2, 0) is 9.53 Å². The monoisotopic (exact) mass is 417 g/mol. The first-order chi connectivity index (χ1) is 14.5. The molecule has 0 spiro atoms. The van der Waals surface area contributed by atoms with Gasteiger partial charge < -0.3 is 29.0 Å². The number of anilines is 1. The van der Waals surface area contributed by atoms with Crippen molar-refractivity contribution < 1.29 is 33.3 Å². The lowest BCUT2D eigenvalue weighted by Gasteiger charge is -2.13. The molecule has 0 heterocycles. The average Bonchev–Trinajstić information content (AvgIpc) is 2.76. The van der Waals surface area contributed by atoms with Gasteiger partial charge in [-0.1, -0.05) is 6.92 Å². The molecule has 0 aliphatic carbocycles. The number of nitrogens with one attached hydrogen (secondary N) is 1. The fourth-order valence-electron chi connectivity index (χ4n) is 2.55. The number of hydrogen-bond donors (Lipinski definition) is 1. The summed E-state index contributed by atoms with van der Waals surface area (Å²) in [6.07, 6.45) is 0.850. The molecular formula is C22H27NO7. The van der Waals surface area contributed by atoms with E-state index in [0.717, 1.165) is 6.42 Å². The molecule has 0 radical (unpaired) electrons. The molecule has 2 rings (SSSR count). The number of amides is 1. The third kappa shape index (κ3) is 6.30. The zero-order chi connectivity index (χ0) is 21.9. The third-order valence-electron chi connectivity index (χ3n) is 3.96. The van der Waals surface area contributed by atoms with Crippen LogP contribution in [0.5, 0.6) is 23.0 Å². The predicted molar refractivity (Wildman–Crippen MR) is 112 cm³/mol. The molecule has 0 aliphatic heterocycles. The van der Waals surface area contributed by atoms with Gasteiger partial charge >= 0.3 is 5.97 Å². The second-order valence-corrected chi connectivity index (χ2v) is 6.13. The normalized spacial score (nSPS) is 10.1. The minimum atomic E-state index is -0.647. The maximum atomic E-state index is 12.4. The van der Waals surface area contributed by atoms with E-state index in [0.29, 0.717) is 41.9 Å². The summed E-state index contributed by atoms with van der Waals surface area (Å²) in [6, 6.07) is 9.75. The Labute approximate surface area is 176 Å². The van der Waals surface area contributed by atoms with Gasteiger partial charge in [-0.05, 0) is 43.7 Å². The Morgan fingerprint density at radius 3 is 2.33 bits per heavy atom. The molecule has 2 aromatic rings. The lowest BCUT2D eigenvalue weighted by atomic mass is 10.2. The minimum absolute atomic E-state index is 0.258. The predicted octanol–water partition coefficient (Wildman–Crippen LogP) is 3.69. The van der Waals surface area contributed by atoms with E-state index in [1.807, 2.05) is 13.8 Å². The summed E-state index contributed by atoms with van der Waals surface area (Å²) in [6.45, 7) is 4.34. The van der Waals surface area contributed by atoms with E-state index in [1.54, 1.807) is 36.4 Å². The van der Waals surface area contributed by atoms with Gasteiger partial charge in [0, 0.05) is 6.07 Å². The van der Waals surface area contributed by atoms with Crippen molar-refractivity contribution >= 4 is 17.6 Å². The first-order valence-corrected chi connectivity index (χ1v) is 9.61. The highest BCUT2D eigenvalue weighted by Crippen LogP contribution is 2.30. The van der Waals surface area contributed by atoms with Gasteiger partial charge in [0.15, 0.2) is 18.1 Å². The molecular weight excluding hydrogens is 390 g/mol. The fourth-order valence-corrected chi connectivity index (χ4v) is 2.55. The van der Waals surface area contributed by atoms with Crippen molar-refractivity contribution in [3.05, 3.63) is 42.0 Å². The van der Waals surface area contributed by atoms with Gasteiger partial charge in [0.25, 0.3) is 5.91 Å². The van der Waals surface area contributed by atoms with Gasteiger partial charge in [-0.3, -0.25) is 4.79 Å². The number of benzene rings is 2. The van der Waals surface area contributed by atoms with Crippen LogP contribution < -0.4 is 24.3 Å². The SMILES string of the molecule is CCCOc1ccc(C(=O)OCC(=O)Nc2cc(OC)ccc2OC)cc1OCC. The molecule has 1 amide bonds. The van der Waals surface area contributed by atoms with Crippen LogP contribution in [0.15, 0.2) is 36.4 Å². The van der Waals surface area contributed by atoms with Crippen molar-refractivity contribution in [3.8, 4) is 23.0 Å². The van der Waals surface area contributed by atoms with Crippen LogP contribution >= 0.6 is 0 Å². The molecule has 0 aromatic heterocycles. The van der Waals surface area contributed by atoms with E-state index in [1.165, 1.54) is 14.2 Å². The van der Waals surface area contributed by atoms with Crippen LogP contribution in [0.1, 0.15) is 30.6 Å². The van der Waals surface area contributed by atoms with Crippen LogP contribution in [0, 0.1) is 0 Å². The molecule has 0 fully saturated rings. The van der Waals surface area contributed by atoms with E-state index < -0.39 is 18.5 Å². The summed E-state index contributed by atoms with van der Waals surface area (Å²) in [4.78, 5) is 24.6. The van der Waals surface area contributed by atoms with Crippen molar-refractivity contribution in [2.24, 2.45) is 0 Å². The van der Waals surface area contributed by atoms with E-state index in [-0.39, 0.29) is 5.56 Å². The summed E-state index contributed by atoms with van der Waals surface area (Å²) >= 11 is 0. The molecule has 0 atom stereocenters. The Balaban J connectivity index is 2.01. The second kappa shape index (κ2) is 11.5. The van der Waals surface area contributed by atoms with E-state index in [4.69, 9.17) is 23.7 Å². The summed E-state index contributed by atoms with van der Waals surface area (Å²) in [7, 11) is 3.01. The van der Waals surface area contributed by atoms with Gasteiger partial charge in [0.1, 0.15) is 11.5 Å². The van der Waals surface area contributed by atoms with Crippen molar-refractivity contribution in [2.45, 2.75) is 20.3 Å². The molecule has 30 heavy (non-hydrogen) atoms. The Kier molecular flexibility index (Phi) is 8.80. The number of esters is 1. The molecule has 0 saturated carbocycles. The number of ether oxygens (including phenoxy) is 5. The third-order valence-corrected chi connectivity index (χ3v) is 3.96. The molecule has 0 bridgehead atoms. The van der Waals surface area contributed by atoms with Crippen molar-refractivity contribution in [2.75, 3.05) is 39.4 Å². The summed E-state index contributed by atoms with van der Waals surface area (Å²) in [5.74, 6) is 0.856. The Hall–Kier alpha value is -3.42. The van der Waals surface area contributed by atoms with Crippen molar-refractivity contribution in [1.82, 2.24) is 0 Å². The van der Waals surface area contributed by atoms with Crippen LogP contribution in [0.4, 0.5) is 5.69 Å². The Morgan fingerprint density at radius 1 is 0.900 bits per heavy atom. The van der Waals surface area contributed by atoms with E-state index in [9.17, 15) is 9.59 Å². The lowest BCUT2D eigenvalue weighted by molar-refractivity contribution is -0.119. The van der Waals surface area contributed by atoms with Gasteiger partial charge in [-0.25, -0.2) is 4.79 Å². The lowest BCUT2D eigenvalue weighted by Crippen LogP contribution is -2.21. The fraction of sp³-hybridized carbons (Fsp3) is 0.364. The number of methoxy groups -OCH3 is 2. The topological polar surface area (TPSA) is 92.3 Å². The van der Waals surface area contributed by atoms with Crippen LogP contribution in [-0.4, -0.2) is 45.9 Å². The zero-order valence-corrected chi connectivity index (χ0v) is 17.7. The summed E-state index contributed by atoms with van der Waals surface area (Å²) in [5, 5.41) is 2.64. The Bertz CT molecular complexity index is 867. The molecule has 8 nitrogen and oxygen atoms in total. The van der Waals surface area contributed by atoms with Gasteiger partial charge in [-0.2, -0.15) is 0 Å². The van der Waals surface area contributed by atoms with Crippen molar-refractivity contribution in [1.29, 1.82) is 0 Å². The van der Waals surface area contributed by atoms with Crippen molar-refractivity contribution in [3.63, 3.8) is 0 Å². The molecule has 2 aromatic carbocycles. The number of carbonyl (C=O) groups excluding carboxylic acids is 2. The van der Waals surface area contributed by atoms with Gasteiger partial charge in [0.05, 0.1) is 38.7 Å².